The van der Waals surface area contributed by atoms with Crippen LogP contribution in [0.5, 0.6) is 0 Å². The molecule has 50 heavy (non-hydrogen) atoms. The zero-order valence-electron chi connectivity index (χ0n) is 29.3. The Morgan fingerprint density at radius 1 is 0.920 bits per heavy atom. The number of ether oxygens (including phenoxy) is 2. The fourth-order valence-electron chi connectivity index (χ4n) is 5.59. The minimum atomic E-state index is -2.06. The molecule has 14 heteroatoms. The highest BCUT2D eigenvalue weighted by Crippen LogP contribution is 2.26. The summed E-state index contributed by atoms with van der Waals surface area (Å²) in [5.41, 5.74) is 2.14. The van der Waals surface area contributed by atoms with E-state index < -0.39 is 48.5 Å². The van der Waals surface area contributed by atoms with Crippen LogP contribution in [0, 0.1) is 0 Å². The predicted octanol–water partition coefficient (Wildman–Crippen LogP) is 5.23. The molecule has 3 aromatic rings. The molecule has 1 unspecified atom stereocenters. The Labute approximate surface area is 298 Å². The van der Waals surface area contributed by atoms with Crippen molar-refractivity contribution in [3.63, 3.8) is 0 Å². The quantitative estimate of drug-likeness (QED) is 0.0835. The molecule has 5 N–H and O–H groups in total. The van der Waals surface area contributed by atoms with E-state index in [1.807, 2.05) is 63.2 Å². The molecule has 0 heterocycles. The van der Waals surface area contributed by atoms with E-state index in [4.69, 9.17) is 21.1 Å². The second-order valence-corrected chi connectivity index (χ2v) is 12.3. The van der Waals surface area contributed by atoms with Crippen molar-refractivity contribution in [3.05, 3.63) is 82.9 Å². The molecular weight excluding hydrogens is 664 g/mol. The third-order valence-electron chi connectivity index (χ3n) is 8.01. The highest BCUT2D eigenvalue weighted by Gasteiger charge is 2.46. The molecule has 0 fully saturated rings. The maximum absolute atomic E-state index is 14.9. The van der Waals surface area contributed by atoms with Crippen molar-refractivity contribution >= 4 is 46.3 Å². The molecule has 0 saturated heterocycles. The Morgan fingerprint density at radius 2 is 1.58 bits per heavy atom. The number of benzene rings is 3. The van der Waals surface area contributed by atoms with Crippen LogP contribution < -0.4 is 21.4 Å². The molecule has 0 aromatic heterocycles. The average molecular weight is 713 g/mol. The molecule has 0 aliphatic carbocycles. The van der Waals surface area contributed by atoms with Crippen LogP contribution in [-0.2, 0) is 32.2 Å². The number of carboxylic acid groups (broad SMARTS) is 1. The molecule has 0 radical (unpaired) electrons. The zero-order chi connectivity index (χ0) is 36.7. The summed E-state index contributed by atoms with van der Waals surface area (Å²) in [7, 11) is 1.48. The van der Waals surface area contributed by atoms with E-state index >= 15 is 0 Å². The van der Waals surface area contributed by atoms with Crippen LogP contribution in [0.2, 0.25) is 5.02 Å². The number of hydrogen-bond donors (Lipinski definition) is 5. The van der Waals surface area contributed by atoms with Crippen LogP contribution in [0.3, 0.4) is 0 Å². The summed E-state index contributed by atoms with van der Waals surface area (Å²) in [5.74, 6) is -1.38. The minimum absolute atomic E-state index is 0.0359. The van der Waals surface area contributed by atoms with Gasteiger partial charge < -0.3 is 30.1 Å². The van der Waals surface area contributed by atoms with Crippen molar-refractivity contribution in [1.82, 2.24) is 31.3 Å². The van der Waals surface area contributed by atoms with Crippen LogP contribution in [0.15, 0.2) is 66.7 Å². The number of carbonyl (C=O) groups excluding carboxylic acids is 3. The lowest BCUT2D eigenvalue weighted by Crippen LogP contribution is -2.71. The van der Waals surface area contributed by atoms with Gasteiger partial charge in [-0.15, -0.1) is 0 Å². The lowest BCUT2D eigenvalue weighted by molar-refractivity contribution is -0.182. The molecule has 0 aliphatic heterocycles. The largest absolute Gasteiger partial charge is 0.465 e. The molecule has 13 nitrogen and oxygen atoms in total. The van der Waals surface area contributed by atoms with E-state index in [0.29, 0.717) is 31.1 Å². The van der Waals surface area contributed by atoms with E-state index in [-0.39, 0.29) is 19.5 Å². The molecule has 272 valence electrons. The van der Waals surface area contributed by atoms with Crippen molar-refractivity contribution in [2.24, 2.45) is 0 Å². The van der Waals surface area contributed by atoms with E-state index in [0.717, 1.165) is 21.9 Å². The van der Waals surface area contributed by atoms with Gasteiger partial charge in [-0.2, -0.15) is 0 Å². The predicted molar refractivity (Wildman–Crippen MR) is 192 cm³/mol. The maximum atomic E-state index is 14.9. The molecule has 0 bridgehead atoms. The molecule has 0 spiro atoms. The Bertz CT molecular complexity index is 1560. The highest BCUT2D eigenvalue weighted by atomic mass is 35.5. The molecule has 3 rings (SSSR count). The van der Waals surface area contributed by atoms with Gasteiger partial charge in [-0.3, -0.25) is 20.3 Å². The van der Waals surface area contributed by atoms with Gasteiger partial charge in [0.2, 0.25) is 5.91 Å². The highest BCUT2D eigenvalue weighted by molar-refractivity contribution is 6.30. The number of amides is 5. The summed E-state index contributed by atoms with van der Waals surface area (Å²) in [4.78, 5) is 54.9. The summed E-state index contributed by atoms with van der Waals surface area (Å²) in [6.45, 7) is 7.81. The van der Waals surface area contributed by atoms with Crippen molar-refractivity contribution in [2.75, 3.05) is 26.8 Å². The van der Waals surface area contributed by atoms with Crippen molar-refractivity contribution in [1.29, 1.82) is 0 Å². The van der Waals surface area contributed by atoms with E-state index in [1.54, 1.807) is 31.2 Å². The lowest BCUT2D eigenvalue weighted by atomic mass is 9.97. The monoisotopic (exact) mass is 712 g/mol. The van der Waals surface area contributed by atoms with Crippen molar-refractivity contribution in [3.8, 4) is 0 Å². The number of rotatable bonds is 19. The van der Waals surface area contributed by atoms with Crippen LogP contribution in [0.25, 0.3) is 10.8 Å². The SMILES string of the molecule is CCCCC(NC(=O)O)(NC(=O)CN(C)NC(=O)NCc1ccc(Cl)cc1)C(=O)N(Cc1cccc2ccccc12)[C@@H](C)C(OCC)OCC. The number of unbranched alkanes of at least 4 members (excludes halogenated alkanes) is 1. The smallest absolute Gasteiger partial charge is 0.406 e. The number of urea groups is 1. The summed E-state index contributed by atoms with van der Waals surface area (Å²) in [6, 6.07) is 19.2. The fourth-order valence-corrected chi connectivity index (χ4v) is 5.71. The van der Waals surface area contributed by atoms with Crippen LogP contribution in [0.4, 0.5) is 9.59 Å². The molecule has 0 saturated carbocycles. The Hall–Kier alpha value is -4.43. The van der Waals surface area contributed by atoms with Gasteiger partial charge in [0.15, 0.2) is 12.0 Å². The summed E-state index contributed by atoms with van der Waals surface area (Å²) in [6.07, 6.45) is -1.35. The number of fused-ring (bicyclic) bond motifs is 1. The Balaban J connectivity index is 1.92. The molecule has 0 aliphatic rings. The molecule has 2 atom stereocenters. The summed E-state index contributed by atoms with van der Waals surface area (Å²) < 4.78 is 11.8. The van der Waals surface area contributed by atoms with E-state index in [2.05, 4.69) is 21.4 Å². The second kappa shape index (κ2) is 19.7. The topological polar surface area (TPSA) is 162 Å². The first kappa shape index (κ1) is 40.0. The van der Waals surface area contributed by atoms with Gasteiger partial charge in [0.1, 0.15) is 0 Å². The maximum Gasteiger partial charge on any atom is 0.406 e. The van der Waals surface area contributed by atoms with Gasteiger partial charge >= 0.3 is 12.1 Å². The standard InChI is InChI=1S/C36H49ClN6O7/c1-6-9-21-36(40-35(47)48,39-31(44)24-42(5)41-34(46)38-22-26-17-19-29(37)20-18-26)33(45)43(25(4)32(49-7-2)50-8-3)23-28-15-12-14-27-13-10-11-16-30(27)28/h10-20,25,32,40H,6-9,21-24H2,1-5H3,(H,39,44)(H,47,48)(H2,38,41,46)/t25-,36?/m0/s1. The number of nitrogens with one attached hydrogen (secondary N) is 4. The zero-order valence-corrected chi connectivity index (χ0v) is 30.1. The van der Waals surface area contributed by atoms with E-state index in [9.17, 15) is 24.3 Å². The van der Waals surface area contributed by atoms with Gasteiger partial charge in [-0.25, -0.2) is 14.6 Å². The third kappa shape index (κ3) is 11.6. The second-order valence-electron chi connectivity index (χ2n) is 11.9. The fraction of sp³-hybridized carbons (Fsp3) is 0.444. The van der Waals surface area contributed by atoms with E-state index in [1.165, 1.54) is 17.0 Å². The Morgan fingerprint density at radius 3 is 2.22 bits per heavy atom. The number of carbonyl (C=O) groups is 4. The first-order valence-electron chi connectivity index (χ1n) is 16.8. The van der Waals surface area contributed by atoms with Gasteiger partial charge in [0.05, 0.1) is 12.6 Å². The van der Waals surface area contributed by atoms with Crippen LogP contribution >= 0.6 is 11.6 Å². The van der Waals surface area contributed by atoms with Crippen LogP contribution in [-0.4, -0.2) is 83.8 Å². The van der Waals surface area contributed by atoms with Crippen molar-refractivity contribution < 1.29 is 33.8 Å². The summed E-state index contributed by atoms with van der Waals surface area (Å²) in [5, 5.41) is 21.5. The first-order valence-corrected chi connectivity index (χ1v) is 17.1. The Kier molecular flexibility index (Phi) is 15.7. The number of hydrogen-bond acceptors (Lipinski definition) is 7. The first-order chi connectivity index (χ1) is 23.9. The molecular formula is C36H49ClN6O7. The number of likely N-dealkylation sites (N-methyl/N-ethyl adjacent to an activating group) is 1. The molecule has 5 amide bonds. The van der Waals surface area contributed by atoms with Gasteiger partial charge in [0, 0.05) is 38.4 Å². The van der Waals surface area contributed by atoms with Gasteiger partial charge in [0.25, 0.3) is 5.91 Å². The normalized spacial score (nSPS) is 13.0. The number of halogens is 1. The minimum Gasteiger partial charge on any atom is -0.465 e. The van der Waals surface area contributed by atoms with Crippen molar-refractivity contribution in [2.45, 2.75) is 78.0 Å². The number of hydrazine groups is 1. The van der Waals surface area contributed by atoms with Gasteiger partial charge in [-0.1, -0.05) is 79.5 Å². The number of nitrogens with zero attached hydrogens (tertiary/aromatic N) is 2. The average Bonchev–Trinajstić information content (AvgIpc) is 3.08. The lowest BCUT2D eigenvalue weighted by Gasteiger charge is -2.42. The van der Waals surface area contributed by atoms with Crippen LogP contribution in [0.1, 0.15) is 58.1 Å². The molecule has 3 aromatic carbocycles. The summed E-state index contributed by atoms with van der Waals surface area (Å²) >= 11 is 5.93. The van der Waals surface area contributed by atoms with Gasteiger partial charge in [-0.05, 0) is 67.6 Å². The third-order valence-corrected chi connectivity index (χ3v) is 8.26.